The van der Waals surface area contributed by atoms with Crippen LogP contribution in [0.5, 0.6) is 0 Å². The van der Waals surface area contributed by atoms with Crippen molar-refractivity contribution in [3.63, 3.8) is 0 Å². The third-order valence-corrected chi connectivity index (χ3v) is 6.72. The predicted octanol–water partition coefficient (Wildman–Crippen LogP) is 2.71. The first-order chi connectivity index (χ1) is 13.0. The van der Waals surface area contributed by atoms with Crippen molar-refractivity contribution in [3.05, 3.63) is 56.9 Å². The van der Waals surface area contributed by atoms with Gasteiger partial charge in [-0.2, -0.15) is 0 Å². The molecule has 142 valence electrons. The van der Waals surface area contributed by atoms with Crippen LogP contribution in [0, 0.1) is 0 Å². The van der Waals surface area contributed by atoms with Gasteiger partial charge < -0.3 is 14.9 Å². The van der Waals surface area contributed by atoms with E-state index in [2.05, 4.69) is 23.5 Å². The first-order valence-corrected chi connectivity index (χ1v) is 10.2. The summed E-state index contributed by atoms with van der Waals surface area (Å²) in [7, 11) is 2.06. The van der Waals surface area contributed by atoms with Crippen molar-refractivity contribution < 1.29 is 14.7 Å². The van der Waals surface area contributed by atoms with Crippen LogP contribution in [-0.2, 0) is 4.79 Å². The monoisotopic (exact) mass is 403 g/mol. The minimum atomic E-state index is -0.115. The van der Waals surface area contributed by atoms with Crippen molar-refractivity contribution in [1.29, 1.82) is 0 Å². The third kappa shape index (κ3) is 4.40. The summed E-state index contributed by atoms with van der Waals surface area (Å²) in [6.45, 7) is 7.11. The third-order valence-electron chi connectivity index (χ3n) is 4.37. The number of piperazine rings is 1. The Bertz CT molecular complexity index is 846. The Hall–Kier alpha value is -2.16. The van der Waals surface area contributed by atoms with E-state index in [0.29, 0.717) is 22.6 Å². The van der Waals surface area contributed by atoms with Crippen LogP contribution in [0.25, 0.3) is 0 Å². The molecule has 0 bridgehead atoms. The van der Waals surface area contributed by atoms with Gasteiger partial charge in [-0.3, -0.25) is 14.6 Å². The molecule has 2 aliphatic rings. The largest absolute Gasteiger partial charge is 0.507 e. The maximum absolute atomic E-state index is 12.7. The van der Waals surface area contributed by atoms with Crippen LogP contribution in [0.15, 0.2) is 52.1 Å². The van der Waals surface area contributed by atoms with Crippen molar-refractivity contribution in [2.75, 3.05) is 39.8 Å². The molecule has 1 aromatic rings. The Balaban J connectivity index is 1.72. The molecule has 6 nitrogen and oxygen atoms in total. The molecule has 8 heteroatoms. The summed E-state index contributed by atoms with van der Waals surface area (Å²) in [6, 6.07) is 3.73. The number of hydrogen-bond donors (Lipinski definition) is 1. The van der Waals surface area contributed by atoms with Gasteiger partial charge in [-0.25, -0.2) is 0 Å². The van der Waals surface area contributed by atoms with Crippen molar-refractivity contribution in [1.82, 2.24) is 9.80 Å². The van der Waals surface area contributed by atoms with E-state index in [1.807, 2.05) is 17.0 Å². The second kappa shape index (κ2) is 8.69. The second-order valence-electron chi connectivity index (χ2n) is 6.23. The number of thiophene rings is 1. The van der Waals surface area contributed by atoms with Gasteiger partial charge in [0.05, 0.1) is 21.9 Å². The summed E-state index contributed by atoms with van der Waals surface area (Å²) in [4.78, 5) is 34.9. The molecule has 27 heavy (non-hydrogen) atoms. The fourth-order valence-corrected chi connectivity index (χ4v) is 4.85. The summed E-state index contributed by atoms with van der Waals surface area (Å²) in [6.07, 6.45) is 3.44. The highest BCUT2D eigenvalue weighted by atomic mass is 32.2. The summed E-state index contributed by atoms with van der Waals surface area (Å²) in [5, 5.41) is 10.7. The predicted molar refractivity (Wildman–Crippen MR) is 111 cm³/mol. The number of hydrogen-bond acceptors (Lipinski definition) is 7. The average Bonchev–Trinajstić information content (AvgIpc) is 3.32. The van der Waals surface area contributed by atoms with E-state index in [0.717, 1.165) is 36.1 Å². The molecule has 1 fully saturated rings. The van der Waals surface area contributed by atoms with Crippen molar-refractivity contribution in [2.24, 2.45) is 4.99 Å². The van der Waals surface area contributed by atoms with E-state index >= 15 is 0 Å². The van der Waals surface area contributed by atoms with Crippen LogP contribution < -0.4 is 0 Å². The van der Waals surface area contributed by atoms with Crippen LogP contribution in [0.4, 0.5) is 0 Å². The highest BCUT2D eigenvalue weighted by Crippen LogP contribution is 2.35. The first-order valence-electron chi connectivity index (χ1n) is 8.54. The molecule has 0 spiro atoms. The second-order valence-corrected chi connectivity index (χ2v) is 8.39. The van der Waals surface area contributed by atoms with Crippen molar-refractivity contribution in [2.45, 2.75) is 0 Å². The smallest absolute Gasteiger partial charge is 0.264 e. The van der Waals surface area contributed by atoms with E-state index in [-0.39, 0.29) is 17.2 Å². The number of aliphatic hydroxyl groups is 1. The molecular formula is C19H21N3O3S2. The van der Waals surface area contributed by atoms with Crippen LogP contribution in [0.1, 0.15) is 14.5 Å². The molecule has 0 atom stereocenters. The fourth-order valence-electron chi connectivity index (χ4n) is 2.80. The van der Waals surface area contributed by atoms with Gasteiger partial charge in [-0.15, -0.1) is 11.3 Å². The lowest BCUT2D eigenvalue weighted by Gasteiger charge is -2.32. The molecule has 3 rings (SSSR count). The number of carbonyl (C=O) groups is 2. The number of carbonyl (C=O) groups excluding carboxylic acids is 2. The number of aliphatic hydroxyl groups excluding tert-OH is 1. The Morgan fingerprint density at radius 1 is 1.30 bits per heavy atom. The summed E-state index contributed by atoms with van der Waals surface area (Å²) in [5.41, 5.74) is 0.226. The first kappa shape index (κ1) is 19.6. The number of likely N-dealkylation sites (N-methyl/N-ethyl adjacent to an activating group) is 1. The number of rotatable bonds is 5. The molecule has 0 aliphatic carbocycles. The Morgan fingerprint density at radius 2 is 2.04 bits per heavy atom. The average molecular weight is 404 g/mol. The van der Waals surface area contributed by atoms with Gasteiger partial charge in [0, 0.05) is 31.1 Å². The Kier molecular flexibility index (Phi) is 6.30. The highest BCUT2D eigenvalue weighted by Gasteiger charge is 2.25. The minimum Gasteiger partial charge on any atom is -0.507 e. The van der Waals surface area contributed by atoms with E-state index < -0.39 is 0 Å². The fraction of sp³-hybridized carbons (Fsp3) is 0.316. The van der Waals surface area contributed by atoms with E-state index in [9.17, 15) is 14.7 Å². The molecule has 1 saturated heterocycles. The lowest BCUT2D eigenvalue weighted by Crippen LogP contribution is -2.46. The Labute approximate surface area is 166 Å². The normalized spacial score (nSPS) is 20.4. The summed E-state index contributed by atoms with van der Waals surface area (Å²) < 4.78 is 0. The lowest BCUT2D eigenvalue weighted by atomic mass is 10.2. The topological polar surface area (TPSA) is 73.2 Å². The maximum atomic E-state index is 12.7. The number of nitrogens with zero attached hydrogens (tertiary/aromatic N) is 3. The lowest BCUT2D eigenvalue weighted by molar-refractivity contribution is -0.104. The number of amides is 1. The molecule has 1 amide bonds. The van der Waals surface area contributed by atoms with Crippen LogP contribution in [0.3, 0.4) is 0 Å². The number of aliphatic imine (C=N–C) groups is 1. The number of thioether (sulfide) groups is 1. The number of aldehydes is 1. The molecule has 0 aromatic carbocycles. The van der Waals surface area contributed by atoms with E-state index in [1.54, 1.807) is 0 Å². The van der Waals surface area contributed by atoms with Gasteiger partial charge in [0.25, 0.3) is 5.91 Å². The quantitative estimate of drug-likeness (QED) is 0.354. The molecule has 2 aliphatic heterocycles. The summed E-state index contributed by atoms with van der Waals surface area (Å²) >= 11 is 2.77. The van der Waals surface area contributed by atoms with Gasteiger partial charge in [0.1, 0.15) is 10.8 Å². The van der Waals surface area contributed by atoms with Crippen molar-refractivity contribution >= 4 is 40.3 Å². The molecule has 0 unspecified atom stereocenters. The molecule has 3 heterocycles. The summed E-state index contributed by atoms with van der Waals surface area (Å²) in [5.74, 6) is -0.0603. The minimum absolute atomic E-state index is 0.0545. The molecular weight excluding hydrogens is 382 g/mol. The zero-order valence-electron chi connectivity index (χ0n) is 15.1. The highest BCUT2D eigenvalue weighted by molar-refractivity contribution is 8.18. The van der Waals surface area contributed by atoms with E-state index in [4.69, 9.17) is 0 Å². The van der Waals surface area contributed by atoms with Gasteiger partial charge >= 0.3 is 0 Å². The SMILES string of the molecule is C=C/C=C(O)\C(C=O)=C1/CN=C(c2ccc(C(=O)N3CCN(C)CC3)s2)S1. The van der Waals surface area contributed by atoms with Gasteiger partial charge in [-0.1, -0.05) is 24.4 Å². The van der Waals surface area contributed by atoms with Crippen molar-refractivity contribution in [3.8, 4) is 0 Å². The Morgan fingerprint density at radius 3 is 2.70 bits per heavy atom. The zero-order chi connectivity index (χ0) is 19.4. The van der Waals surface area contributed by atoms with Gasteiger partial charge in [-0.05, 0) is 25.3 Å². The van der Waals surface area contributed by atoms with Crippen LogP contribution in [0.2, 0.25) is 0 Å². The molecule has 0 radical (unpaired) electrons. The number of allylic oxidation sites excluding steroid dienone is 3. The maximum Gasteiger partial charge on any atom is 0.264 e. The molecule has 1 aromatic heterocycles. The van der Waals surface area contributed by atoms with Crippen LogP contribution in [-0.4, -0.2) is 71.9 Å². The van der Waals surface area contributed by atoms with Crippen LogP contribution >= 0.6 is 23.1 Å². The van der Waals surface area contributed by atoms with Gasteiger partial charge in [0.15, 0.2) is 6.29 Å². The van der Waals surface area contributed by atoms with Gasteiger partial charge in [0.2, 0.25) is 0 Å². The standard InChI is InChI=1S/C19H21N3O3S2/c1-3-4-14(24)13(12-23)17-11-20-18(27-17)15-5-6-16(26-15)19(25)22-9-7-21(2)8-10-22/h3-6,12,24H,1,7-11H2,2H3/b14-4+,17-13+. The van der Waals surface area contributed by atoms with E-state index in [1.165, 1.54) is 35.3 Å². The zero-order valence-corrected chi connectivity index (χ0v) is 16.7. The molecule has 0 saturated carbocycles. The molecule has 1 N–H and O–H groups in total.